The fourth-order valence-corrected chi connectivity index (χ4v) is 4.41. The number of carboxylic acid groups (broad SMARTS) is 1. The first-order chi connectivity index (χ1) is 18.5. The lowest BCUT2D eigenvalue weighted by atomic mass is 10.1. The van der Waals surface area contributed by atoms with Crippen molar-refractivity contribution in [1.82, 2.24) is 4.98 Å². The Morgan fingerprint density at radius 3 is 1.74 bits per heavy atom. The van der Waals surface area contributed by atoms with Crippen molar-refractivity contribution in [2.45, 2.75) is 25.7 Å². The van der Waals surface area contributed by atoms with Crippen molar-refractivity contribution in [1.29, 1.82) is 0 Å². The van der Waals surface area contributed by atoms with Crippen molar-refractivity contribution in [3.05, 3.63) is 103 Å². The topological polar surface area (TPSA) is 103 Å². The number of urea groups is 1. The maximum Gasteiger partial charge on any atom is 0.323 e. The van der Waals surface area contributed by atoms with Crippen LogP contribution in [-0.4, -0.2) is 22.1 Å². The fraction of sp³-hybridized carbons (Fsp3) is 0.129. The van der Waals surface area contributed by atoms with E-state index in [0.29, 0.717) is 17.8 Å². The second-order valence-corrected chi connectivity index (χ2v) is 9.10. The summed E-state index contributed by atoms with van der Waals surface area (Å²) < 4.78 is 0. The third-order valence-corrected chi connectivity index (χ3v) is 6.32. The number of nitrogens with one attached hydrogen (secondary N) is 3. The minimum Gasteiger partial charge on any atom is -0.481 e. The number of para-hydroxylation sites is 2. The van der Waals surface area contributed by atoms with E-state index in [4.69, 9.17) is 10.1 Å². The number of aliphatic carboxylic acids is 1. The summed E-state index contributed by atoms with van der Waals surface area (Å²) in [7, 11) is 0. The van der Waals surface area contributed by atoms with Gasteiger partial charge in [0, 0.05) is 34.3 Å². The van der Waals surface area contributed by atoms with Crippen LogP contribution in [0, 0.1) is 0 Å². The highest BCUT2D eigenvalue weighted by Gasteiger charge is 2.09. The van der Waals surface area contributed by atoms with Gasteiger partial charge in [0.05, 0.1) is 16.7 Å². The van der Waals surface area contributed by atoms with Gasteiger partial charge in [-0.3, -0.25) is 4.79 Å². The zero-order chi connectivity index (χ0) is 26.3. The van der Waals surface area contributed by atoms with Crippen LogP contribution in [0.25, 0.3) is 21.8 Å². The molecule has 0 saturated carbocycles. The zero-order valence-corrected chi connectivity index (χ0v) is 22.0. The van der Waals surface area contributed by atoms with Crippen molar-refractivity contribution < 1.29 is 14.7 Å². The first-order valence-corrected chi connectivity index (χ1v) is 12.6. The quantitative estimate of drug-likeness (QED) is 0.112. The highest BCUT2D eigenvalue weighted by atomic mass is 35.5. The van der Waals surface area contributed by atoms with Crippen molar-refractivity contribution >= 4 is 69.0 Å². The summed E-state index contributed by atoms with van der Waals surface area (Å²) in [4.78, 5) is 27.9. The number of carbonyl (C=O) groups excluding carboxylic acids is 1. The number of carbonyl (C=O) groups is 2. The molecule has 4 N–H and O–H groups in total. The number of rotatable bonds is 9. The molecule has 5 rings (SSSR count). The molecule has 0 unspecified atom stereocenters. The molecule has 0 aliphatic carbocycles. The summed E-state index contributed by atoms with van der Waals surface area (Å²) >= 11 is 0. The summed E-state index contributed by atoms with van der Waals surface area (Å²) in [6, 6.07) is 31.0. The molecule has 0 aliphatic rings. The maximum absolute atomic E-state index is 12.5. The standard InChI is InChI=1S/C31H28N4O3.ClH/c36-29(37)12-6-1-7-21-13-15-23(16-14-21)33-31(38)34-24-19-17-22(18-20-24)32-30-25-8-2-4-10-27(25)35-28-11-5-3-9-26(28)30;/h2-5,8-11,13-20H,1,6-7,12H2,(H,32,35)(H,36,37)(H2,33,34,38);1H. The number of aromatic nitrogens is 1. The molecule has 0 fully saturated rings. The Balaban J connectivity index is 0.00000353. The molecule has 0 bridgehead atoms. The second-order valence-electron chi connectivity index (χ2n) is 9.10. The molecule has 0 spiro atoms. The summed E-state index contributed by atoms with van der Waals surface area (Å²) in [5, 5.41) is 20.1. The van der Waals surface area contributed by atoms with Crippen LogP contribution in [0.2, 0.25) is 0 Å². The molecular weight excluding hydrogens is 512 g/mol. The van der Waals surface area contributed by atoms with Crippen molar-refractivity contribution in [2.75, 3.05) is 16.0 Å². The van der Waals surface area contributed by atoms with Gasteiger partial charge in [0.2, 0.25) is 0 Å². The lowest BCUT2D eigenvalue weighted by molar-refractivity contribution is -0.137. The summed E-state index contributed by atoms with van der Waals surface area (Å²) in [5.41, 5.74) is 6.22. The number of fused-ring (bicyclic) bond motifs is 2. The third-order valence-electron chi connectivity index (χ3n) is 6.32. The van der Waals surface area contributed by atoms with E-state index in [1.54, 1.807) is 0 Å². The number of carboxylic acids is 1. The Morgan fingerprint density at radius 1 is 0.667 bits per heavy atom. The fourth-order valence-electron chi connectivity index (χ4n) is 4.41. The molecule has 0 aliphatic heterocycles. The Kier molecular flexibility index (Phi) is 8.97. The van der Waals surface area contributed by atoms with Crippen LogP contribution >= 0.6 is 12.4 Å². The molecule has 198 valence electrons. The molecule has 39 heavy (non-hydrogen) atoms. The molecule has 2 amide bonds. The molecule has 0 saturated heterocycles. The van der Waals surface area contributed by atoms with Gasteiger partial charge in [-0.2, -0.15) is 0 Å². The number of unbranched alkanes of at least 4 members (excludes halogenated alkanes) is 1. The predicted octanol–water partition coefficient (Wildman–Crippen LogP) is 7.99. The van der Waals surface area contributed by atoms with Gasteiger partial charge in [-0.1, -0.05) is 48.5 Å². The van der Waals surface area contributed by atoms with Gasteiger partial charge >= 0.3 is 12.0 Å². The number of hydrogen-bond donors (Lipinski definition) is 4. The monoisotopic (exact) mass is 540 g/mol. The minimum absolute atomic E-state index is 0. The van der Waals surface area contributed by atoms with E-state index < -0.39 is 5.97 Å². The molecular formula is C31H29ClN4O3. The van der Waals surface area contributed by atoms with Crippen molar-refractivity contribution in [3.8, 4) is 0 Å². The van der Waals surface area contributed by atoms with Gasteiger partial charge < -0.3 is 21.1 Å². The van der Waals surface area contributed by atoms with Gasteiger partial charge in [-0.05, 0) is 73.4 Å². The lowest BCUT2D eigenvalue weighted by Gasteiger charge is -2.14. The van der Waals surface area contributed by atoms with Crippen molar-refractivity contribution in [2.24, 2.45) is 0 Å². The van der Waals surface area contributed by atoms with E-state index in [2.05, 4.69) is 28.1 Å². The number of pyridine rings is 1. The van der Waals surface area contributed by atoms with Gasteiger partial charge in [-0.25, -0.2) is 9.78 Å². The molecule has 0 atom stereocenters. The summed E-state index contributed by atoms with van der Waals surface area (Å²) in [5.74, 6) is -0.766. The summed E-state index contributed by atoms with van der Waals surface area (Å²) in [6.45, 7) is 0. The Hall–Kier alpha value is -4.62. The van der Waals surface area contributed by atoms with Crippen LogP contribution in [0.1, 0.15) is 24.8 Å². The average molecular weight is 541 g/mol. The number of aryl methyl sites for hydroxylation is 1. The van der Waals surface area contributed by atoms with Crippen molar-refractivity contribution in [3.63, 3.8) is 0 Å². The zero-order valence-electron chi connectivity index (χ0n) is 21.2. The van der Waals surface area contributed by atoms with Crippen LogP contribution in [0.15, 0.2) is 97.1 Å². The summed E-state index contributed by atoms with van der Waals surface area (Å²) in [6.07, 6.45) is 2.47. The van der Waals surface area contributed by atoms with Crippen LogP contribution in [0.4, 0.5) is 27.5 Å². The first-order valence-electron chi connectivity index (χ1n) is 12.6. The highest BCUT2D eigenvalue weighted by molar-refractivity contribution is 6.08. The van der Waals surface area contributed by atoms with E-state index in [0.717, 1.165) is 51.6 Å². The SMILES string of the molecule is Cl.O=C(O)CCCCc1ccc(NC(=O)Nc2ccc(Nc3c4ccccc4nc4ccccc34)cc2)cc1. The Bertz CT molecular complexity index is 1530. The number of anilines is 4. The smallest absolute Gasteiger partial charge is 0.323 e. The third kappa shape index (κ3) is 7.03. The largest absolute Gasteiger partial charge is 0.481 e. The van der Waals surface area contributed by atoms with Gasteiger partial charge in [0.1, 0.15) is 0 Å². The number of amides is 2. The maximum atomic E-state index is 12.5. The molecule has 0 radical (unpaired) electrons. The van der Waals surface area contributed by atoms with Gasteiger partial charge in [0.15, 0.2) is 0 Å². The van der Waals surface area contributed by atoms with Crippen LogP contribution in [0.3, 0.4) is 0 Å². The Labute approximate surface area is 232 Å². The van der Waals surface area contributed by atoms with E-state index >= 15 is 0 Å². The number of benzene rings is 4. The molecule has 1 heterocycles. The van der Waals surface area contributed by atoms with E-state index in [-0.39, 0.29) is 24.9 Å². The second kappa shape index (κ2) is 12.8. The Morgan fingerprint density at radius 2 is 1.18 bits per heavy atom. The van der Waals surface area contributed by atoms with E-state index in [9.17, 15) is 9.59 Å². The number of hydrogen-bond acceptors (Lipinski definition) is 4. The normalized spacial score (nSPS) is 10.6. The van der Waals surface area contributed by atoms with Crippen LogP contribution < -0.4 is 16.0 Å². The number of nitrogens with zero attached hydrogens (tertiary/aromatic N) is 1. The molecule has 4 aromatic carbocycles. The lowest BCUT2D eigenvalue weighted by Crippen LogP contribution is -2.19. The molecule has 8 heteroatoms. The van der Waals surface area contributed by atoms with Crippen LogP contribution in [-0.2, 0) is 11.2 Å². The predicted molar refractivity (Wildman–Crippen MR) is 160 cm³/mol. The molecule has 7 nitrogen and oxygen atoms in total. The van der Waals surface area contributed by atoms with E-state index in [1.165, 1.54) is 0 Å². The number of halogens is 1. The first kappa shape index (κ1) is 27.4. The average Bonchev–Trinajstić information content (AvgIpc) is 2.93. The van der Waals surface area contributed by atoms with Gasteiger partial charge in [0.25, 0.3) is 0 Å². The molecule has 5 aromatic rings. The van der Waals surface area contributed by atoms with Crippen LogP contribution in [0.5, 0.6) is 0 Å². The van der Waals surface area contributed by atoms with E-state index in [1.807, 2.05) is 84.9 Å². The highest BCUT2D eigenvalue weighted by Crippen LogP contribution is 2.33. The van der Waals surface area contributed by atoms with Gasteiger partial charge in [-0.15, -0.1) is 12.4 Å². The molecule has 1 aromatic heterocycles. The minimum atomic E-state index is -0.766.